The molecule has 4 heterocycles. The number of fused-ring (bicyclic) bond motifs is 1. The van der Waals surface area contributed by atoms with Crippen molar-refractivity contribution in [3.05, 3.63) is 85.1 Å². The van der Waals surface area contributed by atoms with Crippen molar-refractivity contribution in [3.8, 4) is 22.8 Å². The lowest BCUT2D eigenvalue weighted by atomic mass is 10.2. The van der Waals surface area contributed by atoms with E-state index in [1.165, 1.54) is 25.0 Å². The van der Waals surface area contributed by atoms with Gasteiger partial charge in [0.15, 0.2) is 0 Å². The molecular formula is C29H26FN7O2. The summed E-state index contributed by atoms with van der Waals surface area (Å²) in [6, 6.07) is 16.6. The molecule has 0 aliphatic carbocycles. The van der Waals surface area contributed by atoms with E-state index in [0.29, 0.717) is 17.1 Å². The van der Waals surface area contributed by atoms with Gasteiger partial charge < -0.3 is 20.3 Å². The van der Waals surface area contributed by atoms with E-state index in [9.17, 15) is 9.18 Å². The highest BCUT2D eigenvalue weighted by atomic mass is 19.1. The van der Waals surface area contributed by atoms with Crippen molar-refractivity contribution in [2.75, 3.05) is 28.6 Å². The van der Waals surface area contributed by atoms with Crippen LogP contribution in [0.1, 0.15) is 12.8 Å². The van der Waals surface area contributed by atoms with E-state index >= 15 is 0 Å². The maximum absolute atomic E-state index is 14.8. The number of carbonyl (C=O) groups is 1. The predicted octanol–water partition coefficient (Wildman–Crippen LogP) is 6.21. The fourth-order valence-corrected chi connectivity index (χ4v) is 4.58. The number of urea groups is 1. The summed E-state index contributed by atoms with van der Waals surface area (Å²) in [6.45, 7) is 2.05. The van der Waals surface area contributed by atoms with Crippen LogP contribution in [0.5, 0.6) is 11.5 Å². The largest absolute Gasteiger partial charge is 0.457 e. The molecule has 0 radical (unpaired) electrons. The summed E-state index contributed by atoms with van der Waals surface area (Å²) in [5.41, 5.74) is 3.00. The molecule has 0 spiro atoms. The maximum atomic E-state index is 14.8. The third kappa shape index (κ3) is 5.49. The van der Waals surface area contributed by atoms with Crippen molar-refractivity contribution in [1.29, 1.82) is 0 Å². The van der Waals surface area contributed by atoms with Gasteiger partial charge in [-0.05, 0) is 61.4 Å². The summed E-state index contributed by atoms with van der Waals surface area (Å²) >= 11 is 0. The molecule has 3 aromatic heterocycles. The molecule has 0 saturated carbocycles. The average Bonchev–Trinajstić information content (AvgIpc) is 3.63. The summed E-state index contributed by atoms with van der Waals surface area (Å²) in [7, 11) is 1.83. The third-order valence-electron chi connectivity index (χ3n) is 6.52. The highest BCUT2D eigenvalue weighted by Crippen LogP contribution is 2.28. The van der Waals surface area contributed by atoms with E-state index in [0.717, 1.165) is 35.4 Å². The molecule has 9 nitrogen and oxygen atoms in total. The van der Waals surface area contributed by atoms with E-state index in [4.69, 9.17) is 9.72 Å². The van der Waals surface area contributed by atoms with Crippen molar-refractivity contribution in [2.45, 2.75) is 12.8 Å². The van der Waals surface area contributed by atoms with E-state index < -0.39 is 11.8 Å². The normalized spacial score (nSPS) is 13.0. The minimum Gasteiger partial charge on any atom is -0.457 e. The number of pyridine rings is 2. The summed E-state index contributed by atoms with van der Waals surface area (Å²) in [6.07, 6.45) is 7.54. The number of aryl methyl sites for hydroxylation is 1. The second kappa shape index (κ2) is 10.4. The quantitative estimate of drug-likeness (QED) is 0.275. The van der Waals surface area contributed by atoms with Gasteiger partial charge in [0.1, 0.15) is 23.1 Å². The van der Waals surface area contributed by atoms with Crippen molar-refractivity contribution in [3.63, 3.8) is 0 Å². The van der Waals surface area contributed by atoms with E-state index in [2.05, 4.69) is 25.6 Å². The van der Waals surface area contributed by atoms with Crippen LogP contribution < -0.4 is 20.3 Å². The zero-order valence-corrected chi connectivity index (χ0v) is 21.3. The van der Waals surface area contributed by atoms with Crippen molar-refractivity contribution in [1.82, 2.24) is 19.7 Å². The Morgan fingerprint density at radius 3 is 2.62 bits per heavy atom. The first-order valence-electron chi connectivity index (χ1n) is 12.7. The number of hydrogen-bond acceptors (Lipinski definition) is 6. The van der Waals surface area contributed by atoms with Crippen LogP contribution in [0.4, 0.5) is 26.4 Å². The molecule has 0 bridgehead atoms. The smallest absolute Gasteiger partial charge is 0.323 e. The number of halogens is 1. The van der Waals surface area contributed by atoms with Crippen molar-refractivity contribution >= 4 is 34.1 Å². The standard InChI is InChI=1S/C29H26FN7O2/c1-36-18-20(17-32-36)27-16-23(10-11-31-27)39-22-6-8-26(24(30)15-22)35-29(38)33-21-5-7-25-19(14-21)4-9-28(34-25)37-12-2-3-13-37/h4-11,14-18H,2-3,12-13H2,1H3,(H2,33,35,38). The van der Waals surface area contributed by atoms with Gasteiger partial charge in [0.2, 0.25) is 0 Å². The minimum atomic E-state index is -0.624. The molecule has 2 amide bonds. The third-order valence-corrected chi connectivity index (χ3v) is 6.52. The Balaban J connectivity index is 1.10. The lowest BCUT2D eigenvalue weighted by Gasteiger charge is -2.16. The molecule has 10 heteroatoms. The van der Waals surface area contributed by atoms with Crippen LogP contribution in [0.2, 0.25) is 0 Å². The van der Waals surface area contributed by atoms with Gasteiger partial charge >= 0.3 is 6.03 Å². The molecule has 1 saturated heterocycles. The minimum absolute atomic E-state index is 0.0309. The molecule has 196 valence electrons. The topological polar surface area (TPSA) is 97.2 Å². The Kier molecular flexibility index (Phi) is 6.50. The van der Waals surface area contributed by atoms with Crippen LogP contribution in [0, 0.1) is 5.82 Å². The van der Waals surface area contributed by atoms with Gasteiger partial charge in [-0.25, -0.2) is 14.2 Å². The fourth-order valence-electron chi connectivity index (χ4n) is 4.58. The molecule has 0 unspecified atom stereocenters. The fraction of sp³-hybridized carbons (Fsp3) is 0.172. The predicted molar refractivity (Wildman–Crippen MR) is 149 cm³/mol. The van der Waals surface area contributed by atoms with Crippen LogP contribution in [0.3, 0.4) is 0 Å². The Morgan fingerprint density at radius 1 is 0.974 bits per heavy atom. The number of aromatic nitrogens is 4. The zero-order valence-electron chi connectivity index (χ0n) is 21.3. The molecule has 6 rings (SSSR count). The van der Waals surface area contributed by atoms with Gasteiger partial charge in [-0.15, -0.1) is 0 Å². The van der Waals surface area contributed by atoms with E-state index in [-0.39, 0.29) is 11.4 Å². The van der Waals surface area contributed by atoms with Gasteiger partial charge in [-0.2, -0.15) is 5.10 Å². The first-order chi connectivity index (χ1) is 19.0. The Labute approximate surface area is 224 Å². The van der Waals surface area contributed by atoms with Gasteiger partial charge in [0.25, 0.3) is 0 Å². The van der Waals surface area contributed by atoms with Gasteiger partial charge in [-0.1, -0.05) is 0 Å². The van der Waals surface area contributed by atoms with Crippen LogP contribution in [0.25, 0.3) is 22.2 Å². The van der Waals surface area contributed by atoms with Gasteiger partial charge in [0.05, 0.1) is 23.1 Å². The first kappa shape index (κ1) is 24.4. The number of nitrogens with one attached hydrogen (secondary N) is 2. The lowest BCUT2D eigenvalue weighted by molar-refractivity contribution is 0.262. The SMILES string of the molecule is Cn1cc(-c2cc(Oc3ccc(NC(=O)Nc4ccc5nc(N6CCCC6)ccc5c4)c(F)c3)ccn2)cn1. The monoisotopic (exact) mass is 523 g/mol. The second-order valence-electron chi connectivity index (χ2n) is 9.37. The van der Waals surface area contributed by atoms with Crippen molar-refractivity contribution < 1.29 is 13.9 Å². The van der Waals surface area contributed by atoms with Gasteiger partial charge in [0, 0.05) is 61.3 Å². The second-order valence-corrected chi connectivity index (χ2v) is 9.37. The maximum Gasteiger partial charge on any atom is 0.323 e. The molecule has 2 aromatic carbocycles. The zero-order chi connectivity index (χ0) is 26.8. The lowest BCUT2D eigenvalue weighted by Crippen LogP contribution is -2.20. The number of anilines is 3. The molecular weight excluding hydrogens is 497 g/mol. The molecule has 39 heavy (non-hydrogen) atoms. The molecule has 2 N–H and O–H groups in total. The number of amides is 2. The van der Waals surface area contributed by atoms with Crippen molar-refractivity contribution in [2.24, 2.45) is 7.05 Å². The average molecular weight is 524 g/mol. The Hall–Kier alpha value is -4.99. The summed E-state index contributed by atoms with van der Waals surface area (Å²) in [4.78, 5) is 23.9. The molecule has 1 aliphatic heterocycles. The summed E-state index contributed by atoms with van der Waals surface area (Å²) in [5.74, 6) is 1.14. The Morgan fingerprint density at radius 2 is 1.82 bits per heavy atom. The van der Waals surface area contributed by atoms with Crippen LogP contribution in [0.15, 0.2) is 79.3 Å². The summed E-state index contributed by atoms with van der Waals surface area (Å²) < 4.78 is 22.3. The van der Waals surface area contributed by atoms with Crippen LogP contribution in [-0.2, 0) is 7.05 Å². The van der Waals surface area contributed by atoms with Crippen LogP contribution in [-0.4, -0.2) is 38.9 Å². The highest BCUT2D eigenvalue weighted by molar-refractivity contribution is 6.01. The number of hydrogen-bond donors (Lipinski definition) is 2. The molecule has 1 fully saturated rings. The van der Waals surface area contributed by atoms with Crippen LogP contribution >= 0.6 is 0 Å². The molecule has 0 atom stereocenters. The number of ether oxygens (including phenoxy) is 1. The van der Waals surface area contributed by atoms with E-state index in [1.807, 2.05) is 37.5 Å². The highest BCUT2D eigenvalue weighted by Gasteiger charge is 2.14. The first-order valence-corrected chi connectivity index (χ1v) is 12.7. The summed E-state index contributed by atoms with van der Waals surface area (Å²) in [5, 5.41) is 10.4. The number of benzene rings is 2. The molecule has 5 aromatic rings. The molecule has 1 aliphatic rings. The van der Waals surface area contributed by atoms with Gasteiger partial charge in [-0.3, -0.25) is 9.67 Å². The Bertz CT molecular complexity index is 1660. The number of nitrogens with zero attached hydrogens (tertiary/aromatic N) is 5. The van der Waals surface area contributed by atoms with E-state index in [1.54, 1.807) is 41.3 Å². The number of rotatable bonds is 6. The number of carbonyl (C=O) groups excluding carboxylic acids is 1.